The second-order valence-corrected chi connectivity index (χ2v) is 8.05. The second-order valence-electron chi connectivity index (χ2n) is 7.13. The summed E-state index contributed by atoms with van der Waals surface area (Å²) < 4.78 is 68.0. The van der Waals surface area contributed by atoms with Crippen molar-refractivity contribution in [1.82, 2.24) is 9.80 Å². The summed E-state index contributed by atoms with van der Waals surface area (Å²) in [5.41, 5.74) is -0.107. The summed E-state index contributed by atoms with van der Waals surface area (Å²) in [5, 5.41) is 1.53. The van der Waals surface area contributed by atoms with Crippen LogP contribution >= 0.6 is 11.3 Å². The van der Waals surface area contributed by atoms with Gasteiger partial charge in [0, 0.05) is 25.7 Å². The van der Waals surface area contributed by atoms with Crippen molar-refractivity contribution < 1.29 is 31.5 Å². The number of rotatable bonds is 6. The molecule has 1 aliphatic rings. The van der Waals surface area contributed by atoms with Crippen LogP contribution < -0.4 is 4.74 Å². The Labute approximate surface area is 174 Å². The van der Waals surface area contributed by atoms with Crippen molar-refractivity contribution in [3.8, 4) is 5.75 Å². The third-order valence-electron chi connectivity index (χ3n) is 5.10. The van der Waals surface area contributed by atoms with Crippen LogP contribution in [0.25, 0.3) is 0 Å². The van der Waals surface area contributed by atoms with E-state index >= 15 is 0 Å². The maximum absolute atomic E-state index is 12.9. The van der Waals surface area contributed by atoms with Crippen molar-refractivity contribution >= 4 is 17.2 Å². The Morgan fingerprint density at radius 1 is 1.27 bits per heavy atom. The van der Waals surface area contributed by atoms with E-state index in [1.54, 1.807) is 11.0 Å². The van der Waals surface area contributed by atoms with Crippen molar-refractivity contribution in [3.05, 3.63) is 51.7 Å². The fraction of sp³-hybridized carbons (Fsp3) is 0.450. The molecular formula is C20H21F5N2O2S. The number of amides is 1. The van der Waals surface area contributed by atoms with Crippen molar-refractivity contribution in [2.75, 3.05) is 20.1 Å². The van der Waals surface area contributed by atoms with Crippen LogP contribution in [0.3, 0.4) is 0 Å². The molecule has 1 saturated heterocycles. The number of nitrogens with zero attached hydrogens (tertiary/aromatic N) is 2. The van der Waals surface area contributed by atoms with E-state index in [9.17, 15) is 26.7 Å². The Morgan fingerprint density at radius 3 is 2.60 bits per heavy atom. The second kappa shape index (κ2) is 9.30. The Kier molecular flexibility index (Phi) is 6.97. The number of thiophene rings is 1. The lowest BCUT2D eigenvalue weighted by molar-refractivity contribution is -0.137. The minimum atomic E-state index is -4.38. The van der Waals surface area contributed by atoms with Crippen molar-refractivity contribution in [2.24, 2.45) is 0 Å². The molecule has 2 heterocycles. The summed E-state index contributed by atoms with van der Waals surface area (Å²) in [6, 6.07) is 6.70. The molecule has 1 aromatic heterocycles. The quantitative estimate of drug-likeness (QED) is 0.576. The molecule has 2 aromatic rings. The average molecular weight is 448 g/mol. The molecule has 0 N–H and O–H groups in total. The van der Waals surface area contributed by atoms with Crippen LogP contribution in [0.5, 0.6) is 5.75 Å². The van der Waals surface area contributed by atoms with Crippen LogP contribution in [0.2, 0.25) is 0 Å². The zero-order valence-corrected chi connectivity index (χ0v) is 17.0. The molecule has 1 aliphatic heterocycles. The van der Waals surface area contributed by atoms with Gasteiger partial charge >= 0.3 is 12.8 Å². The van der Waals surface area contributed by atoms with Crippen molar-refractivity contribution in [1.29, 1.82) is 0 Å². The van der Waals surface area contributed by atoms with Crippen molar-refractivity contribution in [3.63, 3.8) is 0 Å². The summed E-state index contributed by atoms with van der Waals surface area (Å²) in [6.07, 6.45) is -3.11. The van der Waals surface area contributed by atoms with Gasteiger partial charge in [0.25, 0.3) is 5.91 Å². The standard InChI is InChI=1S/C20H21F5N2O2S/c1-26(12-13-3-2-4-14(11-13)20(23,24)25)15-5-8-27(9-6-15)18(28)17-16(7-10-30-17)29-19(21)22/h2-4,7,10-11,15,19H,5-6,8-9,12H2,1H3. The molecule has 0 atom stereocenters. The molecule has 0 spiro atoms. The summed E-state index contributed by atoms with van der Waals surface area (Å²) in [7, 11) is 1.84. The molecule has 0 bridgehead atoms. The summed E-state index contributed by atoms with van der Waals surface area (Å²) in [6.45, 7) is -1.77. The van der Waals surface area contributed by atoms with Crippen LogP contribution in [-0.4, -0.2) is 48.5 Å². The number of carbonyl (C=O) groups excluding carboxylic acids is 1. The van der Waals surface area contributed by atoms with Crippen molar-refractivity contribution in [2.45, 2.75) is 38.2 Å². The Morgan fingerprint density at radius 2 is 1.97 bits per heavy atom. The number of benzene rings is 1. The Hall–Kier alpha value is -2.20. The van der Waals surface area contributed by atoms with Gasteiger partial charge in [0.1, 0.15) is 10.6 Å². The number of carbonyl (C=O) groups is 1. The molecule has 1 fully saturated rings. The Balaban J connectivity index is 1.56. The number of halogens is 5. The van der Waals surface area contributed by atoms with E-state index in [0.717, 1.165) is 23.5 Å². The first-order chi connectivity index (χ1) is 14.1. The molecule has 164 valence electrons. The van der Waals surface area contributed by atoms with E-state index in [1.807, 2.05) is 11.9 Å². The maximum Gasteiger partial charge on any atom is 0.416 e. The SMILES string of the molecule is CN(Cc1cccc(C(F)(F)F)c1)C1CCN(C(=O)c2sccc2OC(F)F)CC1. The van der Waals surface area contributed by atoms with Gasteiger partial charge in [-0.1, -0.05) is 18.2 Å². The van der Waals surface area contributed by atoms with Crippen LogP contribution in [0.15, 0.2) is 35.7 Å². The van der Waals surface area contributed by atoms with Gasteiger partial charge in [-0.2, -0.15) is 22.0 Å². The molecule has 4 nitrogen and oxygen atoms in total. The normalized spacial score (nSPS) is 15.8. The number of hydrogen-bond acceptors (Lipinski definition) is 4. The highest BCUT2D eigenvalue weighted by atomic mass is 32.1. The Bertz CT molecular complexity index is 863. The predicted molar refractivity (Wildman–Crippen MR) is 103 cm³/mol. The highest BCUT2D eigenvalue weighted by molar-refractivity contribution is 7.12. The van der Waals surface area contributed by atoms with Gasteiger partial charge in [-0.05, 0) is 43.0 Å². The number of piperidine rings is 1. The van der Waals surface area contributed by atoms with Gasteiger partial charge in [-0.3, -0.25) is 9.69 Å². The third-order valence-corrected chi connectivity index (χ3v) is 5.98. The van der Waals surface area contributed by atoms with E-state index in [0.29, 0.717) is 38.0 Å². The fourth-order valence-electron chi connectivity index (χ4n) is 3.56. The smallest absolute Gasteiger partial charge is 0.416 e. The summed E-state index contributed by atoms with van der Waals surface area (Å²) in [5.74, 6) is -0.469. The van der Waals surface area contributed by atoms with E-state index in [2.05, 4.69) is 4.74 Å². The molecule has 30 heavy (non-hydrogen) atoms. The third kappa shape index (κ3) is 5.48. The lowest BCUT2D eigenvalue weighted by Crippen LogP contribution is -2.45. The first-order valence-electron chi connectivity index (χ1n) is 9.33. The van der Waals surface area contributed by atoms with Gasteiger partial charge in [-0.25, -0.2) is 0 Å². The van der Waals surface area contributed by atoms with E-state index in [-0.39, 0.29) is 22.6 Å². The predicted octanol–water partition coefficient (Wildman–Crippen LogP) is 5.10. The lowest BCUT2D eigenvalue weighted by atomic mass is 10.0. The molecule has 1 aromatic carbocycles. The number of ether oxygens (including phenoxy) is 1. The minimum absolute atomic E-state index is 0.101. The zero-order valence-electron chi connectivity index (χ0n) is 16.2. The maximum atomic E-state index is 12.9. The van der Waals surface area contributed by atoms with Gasteiger partial charge < -0.3 is 9.64 Å². The monoisotopic (exact) mass is 448 g/mol. The molecular weight excluding hydrogens is 427 g/mol. The van der Waals surface area contributed by atoms with Crippen LogP contribution in [0.4, 0.5) is 22.0 Å². The fourth-order valence-corrected chi connectivity index (χ4v) is 4.35. The molecule has 10 heteroatoms. The average Bonchev–Trinajstić information content (AvgIpc) is 3.14. The molecule has 0 aliphatic carbocycles. The molecule has 0 unspecified atom stereocenters. The molecule has 0 radical (unpaired) electrons. The van der Waals surface area contributed by atoms with Crippen LogP contribution in [0, 0.1) is 0 Å². The molecule has 3 rings (SSSR count). The van der Waals surface area contributed by atoms with E-state index in [1.165, 1.54) is 17.5 Å². The van der Waals surface area contributed by atoms with Crippen LogP contribution in [-0.2, 0) is 12.7 Å². The highest BCUT2D eigenvalue weighted by Gasteiger charge is 2.31. The molecule has 1 amide bonds. The van der Waals surface area contributed by atoms with Crippen LogP contribution in [0.1, 0.15) is 33.6 Å². The largest absolute Gasteiger partial charge is 0.433 e. The lowest BCUT2D eigenvalue weighted by Gasteiger charge is -2.36. The van der Waals surface area contributed by atoms with E-state index < -0.39 is 18.4 Å². The first-order valence-corrected chi connectivity index (χ1v) is 10.2. The minimum Gasteiger partial charge on any atom is -0.433 e. The van der Waals surface area contributed by atoms with E-state index in [4.69, 9.17) is 0 Å². The zero-order chi connectivity index (χ0) is 21.9. The summed E-state index contributed by atoms with van der Waals surface area (Å²) in [4.78, 5) is 16.4. The topological polar surface area (TPSA) is 32.8 Å². The molecule has 0 saturated carbocycles. The van der Waals surface area contributed by atoms with Gasteiger partial charge in [-0.15, -0.1) is 11.3 Å². The number of alkyl halides is 5. The number of hydrogen-bond donors (Lipinski definition) is 0. The summed E-state index contributed by atoms with van der Waals surface area (Å²) >= 11 is 1.05. The van der Waals surface area contributed by atoms with Gasteiger partial charge in [0.05, 0.1) is 5.56 Å². The number of likely N-dealkylation sites (tertiary alicyclic amines) is 1. The first kappa shape index (κ1) is 22.5. The van der Waals surface area contributed by atoms with Gasteiger partial charge in [0.2, 0.25) is 0 Å². The van der Waals surface area contributed by atoms with Gasteiger partial charge in [0.15, 0.2) is 0 Å². The highest BCUT2D eigenvalue weighted by Crippen LogP contribution is 2.31.